The summed E-state index contributed by atoms with van der Waals surface area (Å²) in [6.45, 7) is 2.37. The third-order valence-electron chi connectivity index (χ3n) is 3.89. The van der Waals surface area contributed by atoms with E-state index in [0.29, 0.717) is 24.0 Å². The van der Waals surface area contributed by atoms with Crippen molar-refractivity contribution in [1.82, 2.24) is 4.90 Å². The first-order chi connectivity index (χ1) is 10.7. The number of aromatic hydroxyl groups is 1. The largest absolute Gasteiger partial charge is 0.502 e. The van der Waals surface area contributed by atoms with E-state index in [1.807, 2.05) is 0 Å². The number of methoxy groups -OCH3 is 2. The third kappa shape index (κ3) is 3.96. The van der Waals surface area contributed by atoms with E-state index in [-0.39, 0.29) is 5.75 Å². The molecule has 1 heterocycles. The highest BCUT2D eigenvalue weighted by Crippen LogP contribution is 2.37. The van der Waals surface area contributed by atoms with Crippen LogP contribution in [-0.4, -0.2) is 43.3 Å². The van der Waals surface area contributed by atoms with Crippen molar-refractivity contribution in [2.45, 2.75) is 32.2 Å². The number of guanidine groups is 1. The van der Waals surface area contributed by atoms with Crippen LogP contribution in [0.3, 0.4) is 0 Å². The molecule has 1 aromatic carbocycles. The fourth-order valence-corrected chi connectivity index (χ4v) is 2.61. The minimum atomic E-state index is -0.00165. The Bertz CT molecular complexity index is 498. The first kappa shape index (κ1) is 16.3. The van der Waals surface area contributed by atoms with Crippen LogP contribution in [0, 0.1) is 0 Å². The van der Waals surface area contributed by atoms with E-state index < -0.39 is 0 Å². The lowest BCUT2D eigenvalue weighted by Gasteiger charge is -2.21. The van der Waals surface area contributed by atoms with E-state index in [2.05, 4.69) is 9.89 Å². The van der Waals surface area contributed by atoms with Crippen LogP contribution in [0.2, 0.25) is 0 Å². The van der Waals surface area contributed by atoms with E-state index >= 15 is 0 Å². The van der Waals surface area contributed by atoms with Gasteiger partial charge in [-0.05, 0) is 30.5 Å². The van der Waals surface area contributed by atoms with E-state index in [1.54, 1.807) is 12.1 Å². The first-order valence-corrected chi connectivity index (χ1v) is 7.64. The summed E-state index contributed by atoms with van der Waals surface area (Å²) in [4.78, 5) is 6.61. The number of phenols is 1. The molecule has 1 aromatic rings. The standard InChI is InChI=1S/C16H25N3O3/c1-21-13-9-12(10-14(22-2)15(13)20)11-18-16(17)19-7-5-3-4-6-8-19/h9-10,20H,3-8,11H2,1-2H3,(H2,17,18). The van der Waals surface area contributed by atoms with Gasteiger partial charge in [-0.15, -0.1) is 0 Å². The van der Waals surface area contributed by atoms with Crippen molar-refractivity contribution in [2.24, 2.45) is 10.7 Å². The summed E-state index contributed by atoms with van der Waals surface area (Å²) in [5, 5.41) is 9.91. The Hall–Kier alpha value is -2.11. The molecule has 0 spiro atoms. The average molecular weight is 307 g/mol. The zero-order valence-electron chi connectivity index (χ0n) is 13.3. The zero-order chi connectivity index (χ0) is 15.9. The molecule has 122 valence electrons. The Balaban J connectivity index is 2.10. The van der Waals surface area contributed by atoms with E-state index in [0.717, 1.165) is 31.5 Å². The minimum Gasteiger partial charge on any atom is -0.502 e. The number of rotatable bonds is 4. The zero-order valence-corrected chi connectivity index (χ0v) is 13.3. The van der Waals surface area contributed by atoms with Crippen molar-refractivity contribution in [3.63, 3.8) is 0 Å². The summed E-state index contributed by atoms with van der Waals surface area (Å²) < 4.78 is 10.3. The van der Waals surface area contributed by atoms with Gasteiger partial charge in [0.15, 0.2) is 17.5 Å². The highest BCUT2D eigenvalue weighted by molar-refractivity contribution is 5.78. The van der Waals surface area contributed by atoms with Crippen LogP contribution in [0.15, 0.2) is 17.1 Å². The van der Waals surface area contributed by atoms with Crippen LogP contribution >= 0.6 is 0 Å². The topological polar surface area (TPSA) is 80.3 Å². The summed E-state index contributed by atoms with van der Waals surface area (Å²) in [5.41, 5.74) is 6.98. The van der Waals surface area contributed by atoms with Crippen LogP contribution in [0.1, 0.15) is 31.2 Å². The fourth-order valence-electron chi connectivity index (χ4n) is 2.61. The molecular weight excluding hydrogens is 282 g/mol. The summed E-state index contributed by atoms with van der Waals surface area (Å²) in [6, 6.07) is 3.49. The lowest BCUT2D eigenvalue weighted by molar-refractivity contribution is 0.339. The molecule has 0 bridgehead atoms. The van der Waals surface area contributed by atoms with Crippen molar-refractivity contribution in [3.8, 4) is 17.2 Å². The molecule has 3 N–H and O–H groups in total. The van der Waals surface area contributed by atoms with Gasteiger partial charge in [0.1, 0.15) is 0 Å². The molecule has 2 rings (SSSR count). The van der Waals surface area contributed by atoms with Crippen LogP contribution < -0.4 is 15.2 Å². The Kier molecular flexibility index (Phi) is 5.75. The Morgan fingerprint density at radius 2 is 1.68 bits per heavy atom. The lowest BCUT2D eigenvalue weighted by atomic mass is 10.2. The molecule has 1 saturated heterocycles. The molecule has 1 aliphatic heterocycles. The van der Waals surface area contributed by atoms with Gasteiger partial charge in [0.05, 0.1) is 20.8 Å². The van der Waals surface area contributed by atoms with Gasteiger partial charge in [-0.2, -0.15) is 0 Å². The van der Waals surface area contributed by atoms with Gasteiger partial charge in [-0.3, -0.25) is 0 Å². The van der Waals surface area contributed by atoms with Crippen molar-refractivity contribution in [1.29, 1.82) is 0 Å². The smallest absolute Gasteiger partial charge is 0.200 e. The summed E-state index contributed by atoms with van der Waals surface area (Å²) >= 11 is 0. The van der Waals surface area contributed by atoms with Gasteiger partial charge in [-0.25, -0.2) is 4.99 Å². The van der Waals surface area contributed by atoms with Crippen LogP contribution in [0.4, 0.5) is 0 Å². The first-order valence-electron chi connectivity index (χ1n) is 7.64. The van der Waals surface area contributed by atoms with Crippen molar-refractivity contribution < 1.29 is 14.6 Å². The van der Waals surface area contributed by atoms with Crippen molar-refractivity contribution in [3.05, 3.63) is 17.7 Å². The van der Waals surface area contributed by atoms with Crippen LogP contribution in [0.25, 0.3) is 0 Å². The number of nitrogens with two attached hydrogens (primary N) is 1. The number of hydrogen-bond donors (Lipinski definition) is 2. The molecule has 22 heavy (non-hydrogen) atoms. The molecule has 1 aliphatic rings. The van der Waals surface area contributed by atoms with Gasteiger partial charge < -0.3 is 25.2 Å². The molecule has 0 aliphatic carbocycles. The Morgan fingerprint density at radius 1 is 1.14 bits per heavy atom. The summed E-state index contributed by atoms with van der Waals surface area (Å²) in [7, 11) is 3.01. The summed E-state index contributed by atoms with van der Waals surface area (Å²) in [5.74, 6) is 1.32. The van der Waals surface area contributed by atoms with Gasteiger partial charge in [0.25, 0.3) is 0 Å². The Labute approximate surface area is 131 Å². The van der Waals surface area contributed by atoms with E-state index in [4.69, 9.17) is 15.2 Å². The number of hydrogen-bond acceptors (Lipinski definition) is 4. The summed E-state index contributed by atoms with van der Waals surface area (Å²) in [6.07, 6.45) is 4.85. The SMILES string of the molecule is COc1cc(CN=C(N)N2CCCCCC2)cc(OC)c1O. The third-order valence-corrected chi connectivity index (χ3v) is 3.89. The van der Waals surface area contributed by atoms with Gasteiger partial charge in [0.2, 0.25) is 5.75 Å². The molecule has 0 unspecified atom stereocenters. The molecule has 6 nitrogen and oxygen atoms in total. The van der Waals surface area contributed by atoms with Gasteiger partial charge in [0, 0.05) is 13.1 Å². The second-order valence-electron chi connectivity index (χ2n) is 5.42. The number of likely N-dealkylation sites (tertiary alicyclic amines) is 1. The lowest BCUT2D eigenvalue weighted by Crippen LogP contribution is -2.38. The number of ether oxygens (including phenoxy) is 2. The molecule has 6 heteroatoms. The highest BCUT2D eigenvalue weighted by atomic mass is 16.5. The number of aliphatic imine (C=N–C) groups is 1. The average Bonchev–Trinajstić information content (AvgIpc) is 2.82. The normalized spacial score (nSPS) is 16.3. The maximum absolute atomic E-state index is 9.91. The molecule has 0 atom stereocenters. The van der Waals surface area contributed by atoms with E-state index in [1.165, 1.54) is 27.1 Å². The van der Waals surface area contributed by atoms with Crippen molar-refractivity contribution >= 4 is 5.96 Å². The second kappa shape index (κ2) is 7.77. The molecular formula is C16H25N3O3. The number of phenolic OH excluding ortho intramolecular Hbond substituents is 1. The van der Waals surface area contributed by atoms with Gasteiger partial charge >= 0.3 is 0 Å². The maximum Gasteiger partial charge on any atom is 0.200 e. The quantitative estimate of drug-likeness (QED) is 0.658. The molecule has 0 aromatic heterocycles. The van der Waals surface area contributed by atoms with Crippen LogP contribution in [0.5, 0.6) is 17.2 Å². The predicted octanol–water partition coefficient (Wildman–Crippen LogP) is 2.10. The highest BCUT2D eigenvalue weighted by Gasteiger charge is 2.13. The van der Waals surface area contributed by atoms with E-state index in [9.17, 15) is 5.11 Å². The maximum atomic E-state index is 9.91. The van der Waals surface area contributed by atoms with Crippen LogP contribution in [-0.2, 0) is 6.54 Å². The minimum absolute atomic E-state index is 0.00165. The van der Waals surface area contributed by atoms with Crippen molar-refractivity contribution in [2.75, 3.05) is 27.3 Å². The predicted molar refractivity (Wildman–Crippen MR) is 86.6 cm³/mol. The molecule has 1 fully saturated rings. The second-order valence-corrected chi connectivity index (χ2v) is 5.42. The molecule has 0 saturated carbocycles. The molecule has 0 amide bonds. The number of nitrogens with zero attached hydrogens (tertiary/aromatic N) is 2. The van der Waals surface area contributed by atoms with Gasteiger partial charge in [-0.1, -0.05) is 12.8 Å². The number of benzene rings is 1. The Morgan fingerprint density at radius 3 is 2.18 bits per heavy atom. The molecule has 0 radical (unpaired) electrons. The monoisotopic (exact) mass is 307 g/mol. The fraction of sp³-hybridized carbons (Fsp3) is 0.562.